The minimum atomic E-state index is -0.723. The van der Waals surface area contributed by atoms with E-state index >= 15 is 0 Å². The minimum absolute atomic E-state index is 0.487. The van der Waals surface area contributed by atoms with E-state index in [9.17, 15) is 9.90 Å². The number of carboxylic acids is 1. The second-order valence-corrected chi connectivity index (χ2v) is 5.50. The average Bonchev–Trinajstić information content (AvgIpc) is 2.62. The highest BCUT2D eigenvalue weighted by molar-refractivity contribution is 5.76. The molecule has 19 heavy (non-hydrogen) atoms. The number of benzene rings is 1. The molecule has 3 nitrogen and oxygen atoms in total. The fourth-order valence-electron chi connectivity index (χ4n) is 3.07. The van der Waals surface area contributed by atoms with Gasteiger partial charge in [0.25, 0.3) is 0 Å². The fourth-order valence-corrected chi connectivity index (χ4v) is 3.07. The summed E-state index contributed by atoms with van der Waals surface area (Å²) in [5, 5.41) is 9.68. The van der Waals surface area contributed by atoms with Gasteiger partial charge in [0.15, 0.2) is 0 Å². The molecule has 1 aromatic rings. The Bertz CT molecular complexity index is 428. The zero-order valence-corrected chi connectivity index (χ0v) is 11.9. The lowest BCUT2D eigenvalue weighted by molar-refractivity contribution is -0.143. The lowest BCUT2D eigenvalue weighted by atomic mass is 9.95. The Balaban J connectivity index is 2.36. The van der Waals surface area contributed by atoms with Crippen LogP contribution in [0.1, 0.15) is 48.4 Å². The van der Waals surface area contributed by atoms with Crippen molar-refractivity contribution in [1.82, 2.24) is 4.90 Å². The number of rotatable bonds is 3. The maximum absolute atomic E-state index is 11.8. The molecule has 1 N–H and O–H groups in total. The monoisotopic (exact) mass is 261 g/mol. The normalized spacial score (nSPS) is 18.8. The summed E-state index contributed by atoms with van der Waals surface area (Å²) in [6.07, 6.45) is 4.65. The zero-order chi connectivity index (χ0) is 13.8. The number of nitrogens with zero attached hydrogens (tertiary/aromatic N) is 1. The van der Waals surface area contributed by atoms with Crippen LogP contribution < -0.4 is 0 Å². The van der Waals surface area contributed by atoms with E-state index in [1.807, 2.05) is 32.0 Å². The van der Waals surface area contributed by atoms with Crippen molar-refractivity contribution in [3.05, 3.63) is 34.9 Å². The number of likely N-dealkylation sites (tertiary alicyclic amines) is 1. The van der Waals surface area contributed by atoms with Crippen molar-refractivity contribution in [1.29, 1.82) is 0 Å². The summed E-state index contributed by atoms with van der Waals surface area (Å²) in [5.74, 6) is -0.723. The first-order valence-electron chi connectivity index (χ1n) is 7.14. The van der Waals surface area contributed by atoms with Crippen molar-refractivity contribution >= 4 is 5.97 Å². The van der Waals surface area contributed by atoms with Gasteiger partial charge < -0.3 is 5.11 Å². The molecule has 0 spiro atoms. The molecule has 3 heteroatoms. The van der Waals surface area contributed by atoms with Gasteiger partial charge in [-0.05, 0) is 56.5 Å². The van der Waals surface area contributed by atoms with Crippen LogP contribution in [-0.2, 0) is 4.79 Å². The van der Waals surface area contributed by atoms with E-state index in [2.05, 4.69) is 4.90 Å². The Labute approximate surface area is 115 Å². The molecule has 0 saturated carbocycles. The molecule has 1 aliphatic heterocycles. The minimum Gasteiger partial charge on any atom is -0.480 e. The Morgan fingerprint density at radius 2 is 1.63 bits per heavy atom. The predicted molar refractivity (Wildman–Crippen MR) is 76.3 cm³/mol. The van der Waals surface area contributed by atoms with E-state index in [1.54, 1.807) is 0 Å². The van der Waals surface area contributed by atoms with Crippen molar-refractivity contribution in [2.24, 2.45) is 0 Å². The molecule has 2 rings (SSSR count). The van der Waals surface area contributed by atoms with E-state index in [-0.39, 0.29) is 0 Å². The molecule has 0 bridgehead atoms. The maximum Gasteiger partial charge on any atom is 0.325 e. The molecule has 1 aromatic carbocycles. The topological polar surface area (TPSA) is 40.5 Å². The van der Waals surface area contributed by atoms with Gasteiger partial charge in [-0.2, -0.15) is 0 Å². The Morgan fingerprint density at radius 1 is 1.11 bits per heavy atom. The van der Waals surface area contributed by atoms with Crippen LogP contribution in [0.15, 0.2) is 18.2 Å². The Kier molecular flexibility index (Phi) is 4.59. The van der Waals surface area contributed by atoms with Crippen molar-refractivity contribution in [3.8, 4) is 0 Å². The molecule has 104 valence electrons. The maximum atomic E-state index is 11.8. The molecular formula is C16H23NO2. The van der Waals surface area contributed by atoms with Crippen LogP contribution >= 0.6 is 0 Å². The Morgan fingerprint density at radius 3 is 2.11 bits per heavy atom. The van der Waals surface area contributed by atoms with Crippen LogP contribution in [-0.4, -0.2) is 29.1 Å². The number of carboxylic acid groups (broad SMARTS) is 1. The number of aryl methyl sites for hydroxylation is 2. The van der Waals surface area contributed by atoms with Crippen molar-refractivity contribution in [3.63, 3.8) is 0 Å². The van der Waals surface area contributed by atoms with E-state index < -0.39 is 12.0 Å². The second-order valence-electron chi connectivity index (χ2n) is 5.50. The van der Waals surface area contributed by atoms with Gasteiger partial charge in [0.2, 0.25) is 0 Å². The van der Waals surface area contributed by atoms with Gasteiger partial charge in [-0.25, -0.2) is 0 Å². The number of hydrogen-bond acceptors (Lipinski definition) is 2. The second kappa shape index (κ2) is 6.20. The zero-order valence-electron chi connectivity index (χ0n) is 11.9. The first-order chi connectivity index (χ1) is 9.11. The number of aliphatic carboxylic acids is 1. The summed E-state index contributed by atoms with van der Waals surface area (Å²) in [6.45, 7) is 5.81. The van der Waals surface area contributed by atoms with E-state index in [4.69, 9.17) is 0 Å². The molecule has 0 radical (unpaired) electrons. The van der Waals surface area contributed by atoms with Crippen LogP contribution in [0.3, 0.4) is 0 Å². The smallest absolute Gasteiger partial charge is 0.325 e. The van der Waals surface area contributed by atoms with Gasteiger partial charge in [0, 0.05) is 0 Å². The number of hydrogen-bond donors (Lipinski definition) is 1. The lowest BCUT2D eigenvalue weighted by Crippen LogP contribution is -2.35. The van der Waals surface area contributed by atoms with Gasteiger partial charge in [-0.15, -0.1) is 0 Å². The van der Waals surface area contributed by atoms with E-state index in [1.165, 1.54) is 12.8 Å². The molecule has 1 unspecified atom stereocenters. The summed E-state index contributed by atoms with van der Waals surface area (Å²) in [7, 11) is 0. The van der Waals surface area contributed by atoms with Crippen LogP contribution in [0.2, 0.25) is 0 Å². The quantitative estimate of drug-likeness (QED) is 0.907. The highest BCUT2D eigenvalue weighted by Crippen LogP contribution is 2.29. The fraction of sp³-hybridized carbons (Fsp3) is 0.562. The summed E-state index contributed by atoms with van der Waals surface area (Å²) in [4.78, 5) is 13.9. The van der Waals surface area contributed by atoms with Crippen LogP contribution in [0.5, 0.6) is 0 Å². The molecule has 1 saturated heterocycles. The third-order valence-electron chi connectivity index (χ3n) is 4.06. The number of carbonyl (C=O) groups is 1. The highest BCUT2D eigenvalue weighted by Gasteiger charge is 2.30. The molecular weight excluding hydrogens is 238 g/mol. The van der Waals surface area contributed by atoms with Gasteiger partial charge in [-0.1, -0.05) is 31.0 Å². The van der Waals surface area contributed by atoms with E-state index in [0.29, 0.717) is 0 Å². The third-order valence-corrected chi connectivity index (χ3v) is 4.06. The van der Waals surface area contributed by atoms with Crippen LogP contribution in [0.25, 0.3) is 0 Å². The van der Waals surface area contributed by atoms with Crippen molar-refractivity contribution in [2.75, 3.05) is 13.1 Å². The lowest BCUT2D eigenvalue weighted by Gasteiger charge is -2.29. The average molecular weight is 261 g/mol. The van der Waals surface area contributed by atoms with Gasteiger partial charge in [-0.3, -0.25) is 9.69 Å². The first-order valence-corrected chi connectivity index (χ1v) is 7.14. The summed E-state index contributed by atoms with van der Waals surface area (Å²) in [5.41, 5.74) is 3.14. The van der Waals surface area contributed by atoms with Crippen LogP contribution in [0, 0.1) is 13.8 Å². The largest absolute Gasteiger partial charge is 0.480 e. The summed E-state index contributed by atoms with van der Waals surface area (Å²) in [6, 6.07) is 5.53. The first kappa shape index (κ1) is 14.1. The molecule has 1 heterocycles. The standard InChI is InChI=1S/C16H23NO2/c1-12-8-7-9-13(2)14(12)15(16(18)19)17-10-5-3-4-6-11-17/h7-9,15H,3-6,10-11H2,1-2H3,(H,18,19). The summed E-state index contributed by atoms with van der Waals surface area (Å²) < 4.78 is 0. The molecule has 0 aliphatic carbocycles. The van der Waals surface area contributed by atoms with Gasteiger partial charge in [0.05, 0.1) is 0 Å². The molecule has 1 aliphatic rings. The van der Waals surface area contributed by atoms with Gasteiger partial charge in [0.1, 0.15) is 6.04 Å². The molecule has 1 fully saturated rings. The predicted octanol–water partition coefficient (Wildman–Crippen LogP) is 3.31. The third kappa shape index (κ3) is 3.16. The molecule has 0 aromatic heterocycles. The van der Waals surface area contributed by atoms with Crippen molar-refractivity contribution < 1.29 is 9.90 Å². The summed E-state index contributed by atoms with van der Waals surface area (Å²) >= 11 is 0. The van der Waals surface area contributed by atoms with E-state index in [0.717, 1.165) is 42.6 Å². The Hall–Kier alpha value is -1.35. The highest BCUT2D eigenvalue weighted by atomic mass is 16.4. The molecule has 0 amide bonds. The molecule has 1 atom stereocenters. The van der Waals surface area contributed by atoms with Gasteiger partial charge >= 0.3 is 5.97 Å². The SMILES string of the molecule is Cc1cccc(C)c1C(C(=O)O)N1CCCCCC1. The van der Waals surface area contributed by atoms with Crippen LogP contribution in [0.4, 0.5) is 0 Å². The van der Waals surface area contributed by atoms with Crippen molar-refractivity contribution in [2.45, 2.75) is 45.6 Å².